The van der Waals surface area contributed by atoms with Crippen LogP contribution in [0.15, 0.2) is 16.6 Å². The van der Waals surface area contributed by atoms with Crippen LogP contribution >= 0.6 is 15.9 Å². The highest BCUT2D eigenvalue weighted by molar-refractivity contribution is 9.10. The lowest BCUT2D eigenvalue weighted by atomic mass is 10.0. The van der Waals surface area contributed by atoms with E-state index in [4.69, 9.17) is 10.5 Å². The highest BCUT2D eigenvalue weighted by Gasteiger charge is 2.18. The Labute approximate surface area is 119 Å². The Bertz CT molecular complexity index is 609. The molecule has 1 aromatic heterocycles. The van der Waals surface area contributed by atoms with Crippen LogP contribution in [0.1, 0.15) is 29.4 Å². The zero-order valence-electron chi connectivity index (χ0n) is 10.9. The molecular weight excluding hydrogens is 310 g/mol. The van der Waals surface area contributed by atoms with Crippen LogP contribution in [-0.2, 0) is 11.2 Å². The number of rotatable bonds is 4. The maximum Gasteiger partial charge on any atom is 0.338 e. The van der Waals surface area contributed by atoms with E-state index in [9.17, 15) is 4.79 Å². The molecule has 0 radical (unpaired) electrons. The van der Waals surface area contributed by atoms with Gasteiger partial charge in [-0.3, -0.25) is 5.10 Å². The number of esters is 1. The monoisotopic (exact) mass is 325 g/mol. The van der Waals surface area contributed by atoms with Gasteiger partial charge in [0.05, 0.1) is 18.2 Å². The molecule has 0 amide bonds. The van der Waals surface area contributed by atoms with Crippen LogP contribution in [0.5, 0.6) is 0 Å². The zero-order chi connectivity index (χ0) is 14.0. The fourth-order valence-corrected chi connectivity index (χ4v) is 2.45. The second kappa shape index (κ2) is 5.71. The number of benzene rings is 1. The van der Waals surface area contributed by atoms with Crippen LogP contribution in [0.3, 0.4) is 0 Å². The quantitative estimate of drug-likeness (QED) is 0.846. The van der Waals surface area contributed by atoms with E-state index >= 15 is 0 Å². The van der Waals surface area contributed by atoms with E-state index in [1.54, 1.807) is 6.07 Å². The SMILES string of the molecule is CCC(N)Cc1[nH]nc2cc(Br)cc(C(=O)OC)c12. The first kappa shape index (κ1) is 14.0. The first-order chi connectivity index (χ1) is 9.06. The summed E-state index contributed by atoms with van der Waals surface area (Å²) >= 11 is 3.37. The molecule has 0 bridgehead atoms. The fourth-order valence-electron chi connectivity index (χ4n) is 2.01. The number of aromatic amines is 1. The highest BCUT2D eigenvalue weighted by Crippen LogP contribution is 2.27. The topological polar surface area (TPSA) is 81.0 Å². The minimum absolute atomic E-state index is 0.0396. The number of methoxy groups -OCH3 is 1. The van der Waals surface area contributed by atoms with Crippen molar-refractivity contribution in [3.05, 3.63) is 27.9 Å². The van der Waals surface area contributed by atoms with Crippen molar-refractivity contribution in [1.29, 1.82) is 0 Å². The first-order valence-corrected chi connectivity index (χ1v) is 6.86. The van der Waals surface area contributed by atoms with Gasteiger partial charge >= 0.3 is 5.97 Å². The molecule has 1 aromatic carbocycles. The summed E-state index contributed by atoms with van der Waals surface area (Å²) in [6.45, 7) is 2.03. The Balaban J connectivity index is 2.58. The number of aromatic nitrogens is 2. The minimum atomic E-state index is -0.376. The molecule has 1 heterocycles. The molecule has 5 nitrogen and oxygen atoms in total. The summed E-state index contributed by atoms with van der Waals surface area (Å²) in [5.41, 5.74) is 8.07. The van der Waals surface area contributed by atoms with Crippen molar-refractivity contribution in [2.45, 2.75) is 25.8 Å². The van der Waals surface area contributed by atoms with Gasteiger partial charge in [-0.05, 0) is 18.6 Å². The maximum absolute atomic E-state index is 11.9. The van der Waals surface area contributed by atoms with Crippen LogP contribution in [0, 0.1) is 0 Å². The number of hydrogen-bond donors (Lipinski definition) is 2. The fraction of sp³-hybridized carbons (Fsp3) is 0.385. The van der Waals surface area contributed by atoms with Crippen molar-refractivity contribution in [3.8, 4) is 0 Å². The molecular formula is C13H16BrN3O2. The average Bonchev–Trinajstić information content (AvgIpc) is 2.79. The number of nitrogens with two attached hydrogens (primary N) is 1. The van der Waals surface area contributed by atoms with Crippen molar-refractivity contribution in [3.63, 3.8) is 0 Å². The van der Waals surface area contributed by atoms with Crippen LogP contribution in [0.4, 0.5) is 0 Å². The number of halogens is 1. The van der Waals surface area contributed by atoms with Gasteiger partial charge in [0.25, 0.3) is 0 Å². The number of fused-ring (bicyclic) bond motifs is 1. The Hall–Kier alpha value is -1.40. The molecule has 102 valence electrons. The van der Waals surface area contributed by atoms with Crippen LogP contribution in [0.25, 0.3) is 10.9 Å². The van der Waals surface area contributed by atoms with E-state index < -0.39 is 0 Å². The predicted octanol–water partition coefficient (Wildman–Crippen LogP) is 2.39. The zero-order valence-corrected chi connectivity index (χ0v) is 12.5. The van der Waals surface area contributed by atoms with Crippen LogP contribution < -0.4 is 5.73 Å². The van der Waals surface area contributed by atoms with Crippen molar-refractivity contribution >= 4 is 32.8 Å². The van der Waals surface area contributed by atoms with Gasteiger partial charge in [-0.15, -0.1) is 0 Å². The standard InChI is InChI=1S/C13H16BrN3O2/c1-3-8(15)6-11-12-9(13(18)19-2)4-7(14)5-10(12)16-17-11/h4-5,8H,3,6,15H2,1-2H3,(H,16,17). The number of nitrogens with zero attached hydrogens (tertiary/aromatic N) is 1. The molecule has 0 saturated heterocycles. The smallest absolute Gasteiger partial charge is 0.338 e. The van der Waals surface area contributed by atoms with Crippen molar-refractivity contribution < 1.29 is 9.53 Å². The predicted molar refractivity (Wildman–Crippen MR) is 77.1 cm³/mol. The normalized spacial score (nSPS) is 12.6. The molecule has 3 N–H and O–H groups in total. The lowest BCUT2D eigenvalue weighted by molar-refractivity contribution is 0.0603. The molecule has 0 fully saturated rings. The largest absolute Gasteiger partial charge is 0.465 e. The Morgan fingerprint density at radius 1 is 1.58 bits per heavy atom. The average molecular weight is 326 g/mol. The summed E-state index contributed by atoms with van der Waals surface area (Å²) in [7, 11) is 1.37. The molecule has 19 heavy (non-hydrogen) atoms. The summed E-state index contributed by atoms with van der Waals surface area (Å²) in [6, 6.07) is 3.64. The molecule has 0 aliphatic carbocycles. The van der Waals surface area contributed by atoms with Gasteiger partial charge in [0.1, 0.15) is 0 Å². The maximum atomic E-state index is 11.9. The third-order valence-corrected chi connectivity index (χ3v) is 3.55. The molecule has 0 aliphatic heterocycles. The number of carbonyl (C=O) groups excluding carboxylic acids is 1. The van der Waals surface area contributed by atoms with Crippen molar-refractivity contribution in [2.24, 2.45) is 5.73 Å². The van der Waals surface area contributed by atoms with Gasteiger partial charge in [-0.1, -0.05) is 22.9 Å². The Kier molecular flexibility index (Phi) is 4.21. The van der Waals surface area contributed by atoms with Crippen LogP contribution in [-0.4, -0.2) is 29.3 Å². The number of nitrogens with one attached hydrogen (secondary N) is 1. The van der Waals surface area contributed by atoms with E-state index in [1.807, 2.05) is 13.0 Å². The molecule has 2 rings (SSSR count). The number of carbonyl (C=O) groups is 1. The minimum Gasteiger partial charge on any atom is -0.465 e. The summed E-state index contributed by atoms with van der Waals surface area (Å²) < 4.78 is 5.61. The molecule has 1 unspecified atom stereocenters. The van der Waals surface area contributed by atoms with E-state index in [0.717, 1.165) is 27.5 Å². The van der Waals surface area contributed by atoms with Gasteiger partial charge in [0, 0.05) is 28.0 Å². The van der Waals surface area contributed by atoms with Gasteiger partial charge < -0.3 is 10.5 Å². The van der Waals surface area contributed by atoms with Gasteiger partial charge in [0.2, 0.25) is 0 Å². The lowest BCUT2D eigenvalue weighted by Crippen LogP contribution is -2.21. The molecule has 2 aromatic rings. The molecule has 0 saturated carbocycles. The van der Waals surface area contributed by atoms with Crippen molar-refractivity contribution in [1.82, 2.24) is 10.2 Å². The number of hydrogen-bond acceptors (Lipinski definition) is 4. The van der Waals surface area contributed by atoms with Crippen molar-refractivity contribution in [2.75, 3.05) is 7.11 Å². The third-order valence-electron chi connectivity index (χ3n) is 3.09. The third kappa shape index (κ3) is 2.79. The summed E-state index contributed by atoms with van der Waals surface area (Å²) in [6.07, 6.45) is 1.52. The van der Waals surface area contributed by atoms with Gasteiger partial charge in [0.15, 0.2) is 0 Å². The van der Waals surface area contributed by atoms with Gasteiger partial charge in [-0.25, -0.2) is 4.79 Å². The summed E-state index contributed by atoms with van der Waals surface area (Å²) in [5, 5.41) is 7.98. The summed E-state index contributed by atoms with van der Waals surface area (Å²) in [4.78, 5) is 11.9. The Morgan fingerprint density at radius 3 is 2.95 bits per heavy atom. The van der Waals surface area contributed by atoms with E-state index in [-0.39, 0.29) is 12.0 Å². The van der Waals surface area contributed by atoms with E-state index in [2.05, 4.69) is 26.1 Å². The molecule has 1 atom stereocenters. The number of H-pyrrole nitrogens is 1. The summed E-state index contributed by atoms with van der Waals surface area (Å²) in [5.74, 6) is -0.376. The second-order valence-electron chi connectivity index (χ2n) is 4.41. The molecule has 0 spiro atoms. The lowest BCUT2D eigenvalue weighted by Gasteiger charge is -2.08. The number of ether oxygens (including phenoxy) is 1. The van der Waals surface area contributed by atoms with Crippen LogP contribution in [0.2, 0.25) is 0 Å². The molecule has 6 heteroatoms. The van der Waals surface area contributed by atoms with E-state index in [0.29, 0.717) is 12.0 Å². The van der Waals surface area contributed by atoms with Gasteiger partial charge in [-0.2, -0.15) is 5.10 Å². The Morgan fingerprint density at radius 2 is 2.32 bits per heavy atom. The first-order valence-electron chi connectivity index (χ1n) is 6.07. The van der Waals surface area contributed by atoms with E-state index in [1.165, 1.54) is 7.11 Å². The highest BCUT2D eigenvalue weighted by atomic mass is 79.9. The molecule has 0 aliphatic rings. The second-order valence-corrected chi connectivity index (χ2v) is 5.33.